The van der Waals surface area contributed by atoms with Crippen molar-refractivity contribution in [3.05, 3.63) is 16.1 Å². The average molecular weight is 311 g/mol. The molecule has 0 saturated carbocycles. The Balaban J connectivity index is 1.84. The highest BCUT2D eigenvalue weighted by Crippen LogP contribution is 2.25. The molecule has 0 aromatic carbocycles. The number of rotatable bonds is 4. The zero-order valence-corrected chi connectivity index (χ0v) is 14.1. The van der Waals surface area contributed by atoms with Crippen LogP contribution in [0.15, 0.2) is 5.38 Å². The molecule has 1 aromatic heterocycles. The molecule has 0 radical (unpaired) electrons. The van der Waals surface area contributed by atoms with Crippen molar-refractivity contribution in [2.75, 3.05) is 26.3 Å². The van der Waals surface area contributed by atoms with Crippen molar-refractivity contribution in [2.24, 2.45) is 0 Å². The largest absolute Gasteiger partial charge is 0.378 e. The second-order valence-corrected chi connectivity index (χ2v) is 7.29. The van der Waals surface area contributed by atoms with E-state index in [0.29, 0.717) is 32.8 Å². The lowest BCUT2D eigenvalue weighted by Crippen LogP contribution is -2.49. The first-order valence-corrected chi connectivity index (χ1v) is 8.30. The minimum atomic E-state index is -0.192. The summed E-state index contributed by atoms with van der Waals surface area (Å²) in [5, 5.41) is 6.47. The van der Waals surface area contributed by atoms with Gasteiger partial charge in [-0.3, -0.25) is 4.79 Å². The summed E-state index contributed by atoms with van der Waals surface area (Å²) >= 11 is 1.68. The molecular weight excluding hydrogens is 286 g/mol. The predicted octanol–water partition coefficient (Wildman–Crippen LogP) is 1.78. The van der Waals surface area contributed by atoms with Crippen molar-refractivity contribution in [2.45, 2.75) is 45.7 Å². The van der Waals surface area contributed by atoms with Gasteiger partial charge in [-0.2, -0.15) is 0 Å². The molecule has 0 aliphatic carbocycles. The number of hydrogen-bond donors (Lipinski definition) is 1. The summed E-state index contributed by atoms with van der Waals surface area (Å²) in [4.78, 5) is 18.8. The molecule has 1 atom stereocenters. The molecule has 1 amide bonds. The summed E-state index contributed by atoms with van der Waals surface area (Å²) in [6, 6.07) is -0.192. The van der Waals surface area contributed by atoms with Gasteiger partial charge in [0.2, 0.25) is 5.91 Å². The van der Waals surface area contributed by atoms with Crippen molar-refractivity contribution in [1.29, 1.82) is 0 Å². The molecule has 2 rings (SSSR count). The van der Waals surface area contributed by atoms with Gasteiger partial charge in [-0.15, -0.1) is 11.3 Å². The maximum Gasteiger partial charge on any atom is 0.239 e. The van der Waals surface area contributed by atoms with E-state index in [4.69, 9.17) is 4.74 Å². The molecule has 1 N–H and O–H groups in total. The van der Waals surface area contributed by atoms with Gasteiger partial charge in [0.05, 0.1) is 30.0 Å². The van der Waals surface area contributed by atoms with Crippen LogP contribution in [0, 0.1) is 0 Å². The number of ether oxygens (including phenoxy) is 1. The summed E-state index contributed by atoms with van der Waals surface area (Å²) in [7, 11) is 0. The van der Waals surface area contributed by atoms with E-state index in [2.05, 4.69) is 36.5 Å². The molecule has 1 aliphatic heterocycles. The predicted molar refractivity (Wildman–Crippen MR) is 84.5 cm³/mol. The Labute approximate surface area is 130 Å². The molecule has 5 nitrogen and oxygen atoms in total. The molecule has 2 heterocycles. The molecule has 1 unspecified atom stereocenters. The van der Waals surface area contributed by atoms with E-state index in [1.165, 1.54) is 0 Å². The minimum Gasteiger partial charge on any atom is -0.378 e. The molecule has 1 aliphatic rings. The van der Waals surface area contributed by atoms with Crippen LogP contribution < -0.4 is 5.32 Å². The van der Waals surface area contributed by atoms with Gasteiger partial charge in [0, 0.05) is 30.4 Å². The van der Waals surface area contributed by atoms with Gasteiger partial charge in [0.15, 0.2) is 0 Å². The third-order valence-corrected chi connectivity index (χ3v) is 4.79. The van der Waals surface area contributed by atoms with Crippen LogP contribution in [0.2, 0.25) is 0 Å². The Kier molecular flexibility index (Phi) is 5.35. The number of nitrogens with zero attached hydrogens (tertiary/aromatic N) is 2. The number of aromatic nitrogens is 1. The molecule has 118 valence electrons. The zero-order valence-electron chi connectivity index (χ0n) is 13.3. The van der Waals surface area contributed by atoms with Gasteiger partial charge >= 0.3 is 0 Å². The van der Waals surface area contributed by atoms with E-state index in [-0.39, 0.29) is 17.4 Å². The van der Waals surface area contributed by atoms with Crippen molar-refractivity contribution in [1.82, 2.24) is 15.2 Å². The maximum absolute atomic E-state index is 12.3. The molecule has 1 aromatic rings. The highest BCUT2D eigenvalue weighted by atomic mass is 32.1. The molecule has 1 fully saturated rings. The first-order valence-electron chi connectivity index (χ1n) is 7.43. The molecular formula is C15H25N3O2S. The SMILES string of the molecule is CC(NCc1csc(C(C)(C)C)n1)C(=O)N1CCOCC1. The third-order valence-electron chi connectivity index (χ3n) is 3.48. The zero-order chi connectivity index (χ0) is 15.5. The van der Waals surface area contributed by atoms with Crippen molar-refractivity contribution in [3.63, 3.8) is 0 Å². The molecule has 6 heteroatoms. The quantitative estimate of drug-likeness (QED) is 0.921. The van der Waals surface area contributed by atoms with Crippen LogP contribution in [0.25, 0.3) is 0 Å². The van der Waals surface area contributed by atoms with Gasteiger partial charge in [0.1, 0.15) is 0 Å². The van der Waals surface area contributed by atoms with E-state index in [0.717, 1.165) is 10.7 Å². The van der Waals surface area contributed by atoms with Crippen LogP contribution >= 0.6 is 11.3 Å². The van der Waals surface area contributed by atoms with Crippen LogP contribution in [0.5, 0.6) is 0 Å². The van der Waals surface area contributed by atoms with Crippen molar-refractivity contribution in [3.8, 4) is 0 Å². The lowest BCUT2D eigenvalue weighted by atomic mass is 9.98. The van der Waals surface area contributed by atoms with Crippen LogP contribution in [0.4, 0.5) is 0 Å². The topological polar surface area (TPSA) is 54.5 Å². The first kappa shape index (κ1) is 16.4. The minimum absolute atomic E-state index is 0.0815. The Morgan fingerprint density at radius 1 is 1.48 bits per heavy atom. The maximum atomic E-state index is 12.3. The van der Waals surface area contributed by atoms with Gasteiger partial charge in [-0.05, 0) is 6.92 Å². The Hall–Kier alpha value is -0.980. The number of hydrogen-bond acceptors (Lipinski definition) is 5. The smallest absolute Gasteiger partial charge is 0.239 e. The lowest BCUT2D eigenvalue weighted by Gasteiger charge is -2.29. The van der Waals surface area contributed by atoms with E-state index in [9.17, 15) is 4.79 Å². The molecule has 0 spiro atoms. The highest BCUT2D eigenvalue weighted by Gasteiger charge is 2.22. The fourth-order valence-electron chi connectivity index (χ4n) is 2.14. The number of thiazole rings is 1. The second kappa shape index (κ2) is 6.85. The lowest BCUT2D eigenvalue weighted by molar-refractivity contribution is -0.137. The van der Waals surface area contributed by atoms with E-state index in [1.807, 2.05) is 11.8 Å². The summed E-state index contributed by atoms with van der Waals surface area (Å²) in [6.07, 6.45) is 0. The number of carbonyl (C=O) groups excluding carboxylic acids is 1. The van der Waals surface area contributed by atoms with Crippen LogP contribution in [0.1, 0.15) is 38.4 Å². The fourth-order valence-corrected chi connectivity index (χ4v) is 3.04. The monoisotopic (exact) mass is 311 g/mol. The summed E-state index contributed by atoms with van der Waals surface area (Å²) in [5.74, 6) is 0.143. The average Bonchev–Trinajstić information content (AvgIpc) is 2.94. The highest BCUT2D eigenvalue weighted by molar-refractivity contribution is 7.09. The summed E-state index contributed by atoms with van der Waals surface area (Å²) < 4.78 is 5.27. The molecule has 0 bridgehead atoms. The normalized spacial score (nSPS) is 17.8. The Morgan fingerprint density at radius 2 is 2.14 bits per heavy atom. The number of nitrogens with one attached hydrogen (secondary N) is 1. The van der Waals surface area contributed by atoms with E-state index >= 15 is 0 Å². The summed E-state index contributed by atoms with van der Waals surface area (Å²) in [5.41, 5.74) is 1.09. The Bertz CT molecular complexity index is 476. The third kappa shape index (κ3) is 4.49. The standard InChI is InChI=1S/C15H25N3O2S/c1-11(13(19)18-5-7-20-8-6-18)16-9-12-10-21-14(17-12)15(2,3)4/h10-11,16H,5-9H2,1-4H3. The van der Waals surface area contributed by atoms with Crippen LogP contribution in [-0.2, 0) is 21.5 Å². The van der Waals surface area contributed by atoms with E-state index in [1.54, 1.807) is 11.3 Å². The molecule has 21 heavy (non-hydrogen) atoms. The van der Waals surface area contributed by atoms with Gasteiger partial charge < -0.3 is 15.0 Å². The second-order valence-electron chi connectivity index (χ2n) is 6.43. The number of amides is 1. The van der Waals surface area contributed by atoms with Gasteiger partial charge in [-0.1, -0.05) is 20.8 Å². The fraction of sp³-hybridized carbons (Fsp3) is 0.733. The number of morpholine rings is 1. The van der Waals surface area contributed by atoms with Crippen LogP contribution in [-0.4, -0.2) is 48.1 Å². The van der Waals surface area contributed by atoms with Crippen LogP contribution in [0.3, 0.4) is 0 Å². The van der Waals surface area contributed by atoms with E-state index < -0.39 is 0 Å². The van der Waals surface area contributed by atoms with Crippen molar-refractivity contribution < 1.29 is 9.53 Å². The summed E-state index contributed by atoms with van der Waals surface area (Å²) in [6.45, 7) is 11.7. The van der Waals surface area contributed by atoms with Gasteiger partial charge in [-0.25, -0.2) is 4.98 Å². The van der Waals surface area contributed by atoms with Gasteiger partial charge in [0.25, 0.3) is 0 Å². The first-order chi connectivity index (χ1) is 9.88. The number of carbonyl (C=O) groups is 1. The van der Waals surface area contributed by atoms with Crippen molar-refractivity contribution >= 4 is 17.2 Å². The Morgan fingerprint density at radius 3 is 2.71 bits per heavy atom. The molecule has 1 saturated heterocycles.